The maximum absolute atomic E-state index is 13.9. The molecule has 1 aromatic heterocycles. The molecule has 0 bridgehead atoms. The number of aromatic amines is 1. The van der Waals surface area contributed by atoms with E-state index >= 15 is 0 Å². The van der Waals surface area contributed by atoms with Crippen molar-refractivity contribution in [2.24, 2.45) is 0 Å². The summed E-state index contributed by atoms with van der Waals surface area (Å²) in [7, 11) is -3.96. The van der Waals surface area contributed by atoms with Gasteiger partial charge in [0.15, 0.2) is 0 Å². The van der Waals surface area contributed by atoms with Crippen molar-refractivity contribution >= 4 is 27.6 Å². The van der Waals surface area contributed by atoms with Gasteiger partial charge < -0.3 is 5.73 Å². The van der Waals surface area contributed by atoms with E-state index in [9.17, 15) is 21.6 Å². The third-order valence-electron chi connectivity index (χ3n) is 4.25. The van der Waals surface area contributed by atoms with E-state index in [-0.39, 0.29) is 44.8 Å². The van der Waals surface area contributed by atoms with Crippen molar-refractivity contribution in [2.45, 2.75) is 43.8 Å². The number of H-pyrrole nitrogens is 1. The Morgan fingerprint density at radius 2 is 1.84 bits per heavy atom. The monoisotopic (exact) mass is 487 g/mol. The van der Waals surface area contributed by atoms with Crippen LogP contribution >= 0.6 is 11.6 Å². The first-order chi connectivity index (χ1) is 14.7. The molecule has 0 atom stereocenters. The van der Waals surface area contributed by atoms with E-state index in [0.29, 0.717) is 0 Å². The lowest BCUT2D eigenvalue weighted by Crippen LogP contribution is -2.40. The van der Waals surface area contributed by atoms with Crippen LogP contribution in [0.5, 0.6) is 0 Å². The van der Waals surface area contributed by atoms with Gasteiger partial charge in [-0.2, -0.15) is 18.2 Å². The molecule has 0 aliphatic carbocycles. The van der Waals surface area contributed by atoms with Crippen molar-refractivity contribution in [3.8, 4) is 11.1 Å². The Labute approximate surface area is 188 Å². The van der Waals surface area contributed by atoms with E-state index in [1.807, 2.05) is 0 Å². The van der Waals surface area contributed by atoms with Gasteiger partial charge in [-0.15, -0.1) is 5.10 Å². The number of hydrogen-bond donors (Lipinski definition) is 3. The predicted molar refractivity (Wildman–Crippen MR) is 116 cm³/mol. The van der Waals surface area contributed by atoms with Crippen molar-refractivity contribution in [3.05, 3.63) is 58.4 Å². The smallest absolute Gasteiger partial charge is 0.367 e. The molecule has 172 valence electrons. The lowest BCUT2D eigenvalue weighted by Gasteiger charge is -2.21. The van der Waals surface area contributed by atoms with Crippen LogP contribution in [0.15, 0.2) is 41.3 Å². The van der Waals surface area contributed by atoms with Gasteiger partial charge in [0.1, 0.15) is 5.82 Å². The Bertz CT molecular complexity index is 1250. The van der Waals surface area contributed by atoms with Gasteiger partial charge in [-0.1, -0.05) is 23.7 Å². The highest BCUT2D eigenvalue weighted by atomic mass is 35.5. The van der Waals surface area contributed by atoms with Crippen LogP contribution in [0.4, 0.5) is 19.1 Å². The van der Waals surface area contributed by atoms with Crippen LogP contribution < -0.4 is 10.5 Å². The molecule has 0 aliphatic heterocycles. The molecule has 0 spiro atoms. The van der Waals surface area contributed by atoms with Gasteiger partial charge in [0.2, 0.25) is 16.0 Å². The molecule has 12 heteroatoms. The molecule has 3 aromatic rings. The average Bonchev–Trinajstić information content (AvgIpc) is 3.03. The lowest BCUT2D eigenvalue weighted by molar-refractivity contribution is -0.137. The summed E-state index contributed by atoms with van der Waals surface area (Å²) in [6, 6.07) is 7.55. The van der Waals surface area contributed by atoms with Crippen molar-refractivity contribution in [1.82, 2.24) is 19.9 Å². The minimum atomic E-state index is -4.74. The number of sulfonamides is 1. The first-order valence-corrected chi connectivity index (χ1v) is 11.2. The number of alkyl halides is 3. The van der Waals surface area contributed by atoms with Crippen molar-refractivity contribution in [2.75, 3.05) is 5.73 Å². The fraction of sp³-hybridized carbons (Fsp3) is 0.300. The number of rotatable bonds is 5. The normalized spacial score (nSPS) is 12.8. The highest BCUT2D eigenvalue weighted by Crippen LogP contribution is 2.42. The fourth-order valence-corrected chi connectivity index (χ4v) is 4.96. The van der Waals surface area contributed by atoms with Gasteiger partial charge in [-0.05, 0) is 56.2 Å². The van der Waals surface area contributed by atoms with Gasteiger partial charge in [0.25, 0.3) is 0 Å². The number of halogens is 4. The van der Waals surface area contributed by atoms with Gasteiger partial charge in [-0.3, -0.25) is 5.10 Å². The number of nitrogens with zero attached hydrogens (tertiary/aromatic N) is 2. The Morgan fingerprint density at radius 1 is 1.16 bits per heavy atom. The summed E-state index contributed by atoms with van der Waals surface area (Å²) in [6.07, 6.45) is -4.74. The molecule has 0 saturated carbocycles. The SMILES string of the molecule is CC(C)(C)NS(=O)(=O)c1cccc(-c2c(Cl)cc(Cc3nc(N)n[nH]3)cc2C(F)(F)F)c1. The Balaban J connectivity index is 2.11. The molecule has 32 heavy (non-hydrogen) atoms. The molecular weight excluding hydrogens is 467 g/mol. The first kappa shape index (κ1) is 24.0. The van der Waals surface area contributed by atoms with Crippen LogP contribution in [-0.4, -0.2) is 29.1 Å². The minimum absolute atomic E-state index is 0.00278. The second kappa shape index (κ2) is 8.38. The zero-order valence-corrected chi connectivity index (χ0v) is 19.0. The lowest BCUT2D eigenvalue weighted by atomic mass is 9.96. The van der Waals surface area contributed by atoms with Gasteiger partial charge >= 0.3 is 6.18 Å². The number of benzene rings is 2. The number of nitrogen functional groups attached to an aromatic ring is 1. The maximum Gasteiger partial charge on any atom is 0.417 e. The third kappa shape index (κ3) is 5.59. The Hall–Kier alpha value is -2.63. The molecule has 4 N–H and O–H groups in total. The molecule has 0 amide bonds. The summed E-state index contributed by atoms with van der Waals surface area (Å²) in [6.45, 7) is 4.98. The quantitative estimate of drug-likeness (QED) is 0.493. The second-order valence-corrected chi connectivity index (χ2v) is 10.3. The number of aromatic nitrogens is 3. The summed E-state index contributed by atoms with van der Waals surface area (Å²) in [4.78, 5) is 3.72. The molecule has 2 aromatic carbocycles. The van der Waals surface area contributed by atoms with Crippen LogP contribution in [0.3, 0.4) is 0 Å². The summed E-state index contributed by atoms with van der Waals surface area (Å²) in [5, 5.41) is 6.01. The minimum Gasteiger partial charge on any atom is -0.367 e. The van der Waals surface area contributed by atoms with E-state index < -0.39 is 27.3 Å². The van der Waals surface area contributed by atoms with Gasteiger partial charge in [0, 0.05) is 22.5 Å². The molecule has 0 fully saturated rings. The molecule has 0 aliphatic rings. The van der Waals surface area contributed by atoms with Crippen LogP contribution in [0.1, 0.15) is 37.7 Å². The zero-order valence-electron chi connectivity index (χ0n) is 17.4. The van der Waals surface area contributed by atoms with E-state index in [1.165, 1.54) is 30.3 Å². The molecule has 0 saturated heterocycles. The standard InChI is InChI=1S/C20H21ClF3N5O2S/c1-19(2,3)29-32(30,31)13-6-4-5-12(10-13)17-14(20(22,23)24)7-11(8-15(17)21)9-16-26-18(25)28-27-16/h4-8,10,29H,9H2,1-3H3,(H3,25,26,27,28). The predicted octanol–water partition coefficient (Wildman–Crippen LogP) is 4.39. The van der Waals surface area contributed by atoms with Crippen molar-refractivity contribution < 1.29 is 21.6 Å². The van der Waals surface area contributed by atoms with E-state index in [1.54, 1.807) is 20.8 Å². The van der Waals surface area contributed by atoms with Crippen LogP contribution in [0.25, 0.3) is 11.1 Å². The number of nitrogens with one attached hydrogen (secondary N) is 2. The summed E-state index contributed by atoms with van der Waals surface area (Å²) >= 11 is 6.28. The number of nitrogens with two attached hydrogens (primary N) is 1. The summed E-state index contributed by atoms with van der Waals surface area (Å²) in [5.74, 6) is 0.251. The fourth-order valence-electron chi connectivity index (χ4n) is 3.15. The van der Waals surface area contributed by atoms with E-state index in [2.05, 4.69) is 19.9 Å². The zero-order chi connectivity index (χ0) is 23.9. The molecule has 0 radical (unpaired) electrons. The molecule has 0 unspecified atom stereocenters. The summed E-state index contributed by atoms with van der Waals surface area (Å²) < 4.78 is 69.7. The number of anilines is 1. The van der Waals surface area contributed by atoms with Gasteiger partial charge in [-0.25, -0.2) is 13.1 Å². The highest BCUT2D eigenvalue weighted by Gasteiger charge is 2.35. The van der Waals surface area contributed by atoms with Crippen LogP contribution in [0, 0.1) is 0 Å². The second-order valence-electron chi connectivity index (χ2n) is 8.20. The van der Waals surface area contributed by atoms with Crippen LogP contribution in [-0.2, 0) is 22.6 Å². The summed E-state index contributed by atoms with van der Waals surface area (Å²) in [5.41, 5.74) is 3.62. The molecule has 7 nitrogen and oxygen atoms in total. The van der Waals surface area contributed by atoms with E-state index in [0.717, 1.165) is 6.07 Å². The highest BCUT2D eigenvalue weighted by molar-refractivity contribution is 7.89. The van der Waals surface area contributed by atoms with Gasteiger partial charge in [0.05, 0.1) is 10.5 Å². The molecular formula is C20H21ClF3N5O2S. The number of hydrogen-bond acceptors (Lipinski definition) is 5. The van der Waals surface area contributed by atoms with Crippen LogP contribution in [0.2, 0.25) is 5.02 Å². The average molecular weight is 488 g/mol. The first-order valence-electron chi connectivity index (χ1n) is 9.36. The largest absolute Gasteiger partial charge is 0.417 e. The molecule has 3 rings (SSSR count). The Morgan fingerprint density at radius 3 is 2.41 bits per heavy atom. The van der Waals surface area contributed by atoms with E-state index in [4.69, 9.17) is 17.3 Å². The topological polar surface area (TPSA) is 114 Å². The molecule has 1 heterocycles. The Kier molecular flexibility index (Phi) is 6.29. The van der Waals surface area contributed by atoms with Crippen molar-refractivity contribution in [3.63, 3.8) is 0 Å². The third-order valence-corrected chi connectivity index (χ3v) is 6.30. The van der Waals surface area contributed by atoms with Crippen molar-refractivity contribution in [1.29, 1.82) is 0 Å². The maximum atomic E-state index is 13.9.